The van der Waals surface area contributed by atoms with Crippen LogP contribution in [-0.4, -0.2) is 46.7 Å². The van der Waals surface area contributed by atoms with E-state index in [1.165, 1.54) is 5.56 Å². The van der Waals surface area contributed by atoms with Gasteiger partial charge in [0.1, 0.15) is 17.3 Å². The second-order valence-corrected chi connectivity index (χ2v) is 14.2. The van der Waals surface area contributed by atoms with Crippen LogP contribution in [0.1, 0.15) is 26.3 Å². The molecule has 0 amide bonds. The molecule has 0 saturated heterocycles. The van der Waals surface area contributed by atoms with E-state index in [1.54, 1.807) is 0 Å². The zero-order chi connectivity index (χ0) is 36.8. The SMILES string of the molecule is C[N+]1=C=[N+](c2[c-]c(Oc3[c-]c4c(cc3-c3nc(-c5ccccc5)nc(-c5ccccc5)n3)c3cc(C(C)(C)C)ccc3n4-c3ccccn3)ccc2)C=C1.[Pt+2]. The third-order valence-corrected chi connectivity index (χ3v) is 9.39. The Bertz CT molecular complexity index is 2760. The molecule has 8 aromatic rings. The molecule has 0 saturated carbocycles. The standard InChI is InChI=1S/C46H35N7O.Pt/c1-46(2,3)33-21-22-39-36(26-33)37-28-38(45-49-43(31-14-7-5-8-15-31)48-44(50-45)32-16-9-6-10-17-32)41(29-40(37)53(39)42-20-11-12-23-47-42)54-35-19-13-18-34(27-35)52-25-24-51(4)30-52;/h5-26,28H,1-4H3;/q;+2. The smallest absolute Gasteiger partial charge is 0.508 e. The summed E-state index contributed by atoms with van der Waals surface area (Å²) in [5, 5.41) is 2.04. The topological polar surface area (TPSA) is 71.7 Å². The zero-order valence-corrected chi connectivity index (χ0v) is 32.9. The minimum atomic E-state index is -0.0678. The van der Waals surface area contributed by atoms with E-state index < -0.39 is 0 Å². The van der Waals surface area contributed by atoms with E-state index in [2.05, 4.69) is 67.7 Å². The van der Waals surface area contributed by atoms with Crippen LogP contribution >= 0.6 is 0 Å². The molecule has 0 bridgehead atoms. The number of ether oxygens (including phenoxy) is 1. The fraction of sp³-hybridized carbons (Fsp3) is 0.109. The molecule has 8 nitrogen and oxygen atoms in total. The Kier molecular flexibility index (Phi) is 9.40. The first kappa shape index (κ1) is 35.7. The number of aromatic nitrogens is 5. The number of pyridine rings is 1. The number of fused-ring (bicyclic) bond motifs is 3. The molecule has 0 unspecified atom stereocenters. The first-order chi connectivity index (χ1) is 26.3. The Hall–Kier alpha value is -6.33. The molecule has 3 aromatic heterocycles. The average Bonchev–Trinajstić information content (AvgIpc) is 3.78. The predicted molar refractivity (Wildman–Crippen MR) is 211 cm³/mol. The fourth-order valence-electron chi connectivity index (χ4n) is 6.62. The normalized spacial score (nSPS) is 12.4. The van der Waals surface area contributed by atoms with E-state index in [0.29, 0.717) is 34.5 Å². The monoisotopic (exact) mass is 896 g/mol. The van der Waals surface area contributed by atoms with Gasteiger partial charge < -0.3 is 9.30 Å². The Balaban J connectivity index is 0.00000427. The van der Waals surface area contributed by atoms with Gasteiger partial charge in [-0.25, -0.2) is 19.9 Å². The molecule has 0 radical (unpaired) electrons. The van der Waals surface area contributed by atoms with Crippen molar-refractivity contribution < 1.29 is 35.0 Å². The van der Waals surface area contributed by atoms with Gasteiger partial charge >= 0.3 is 27.1 Å². The van der Waals surface area contributed by atoms with E-state index in [1.807, 2.05) is 132 Å². The summed E-state index contributed by atoms with van der Waals surface area (Å²) in [5.41, 5.74) is 6.18. The Morgan fingerprint density at radius 3 is 2.02 bits per heavy atom. The van der Waals surface area contributed by atoms with Crippen molar-refractivity contribution in [3.05, 3.63) is 158 Å². The van der Waals surface area contributed by atoms with Crippen molar-refractivity contribution in [2.75, 3.05) is 7.05 Å². The largest absolute Gasteiger partial charge is 2.00 e. The van der Waals surface area contributed by atoms with Crippen LogP contribution in [0.15, 0.2) is 140 Å². The average molecular weight is 897 g/mol. The van der Waals surface area contributed by atoms with Gasteiger partial charge in [-0.3, -0.25) is 0 Å². The van der Waals surface area contributed by atoms with Crippen LogP contribution in [0.2, 0.25) is 0 Å². The van der Waals surface area contributed by atoms with Crippen molar-refractivity contribution in [2.45, 2.75) is 26.2 Å². The van der Waals surface area contributed by atoms with Crippen LogP contribution in [0.3, 0.4) is 0 Å². The molecule has 0 N–H and O–H groups in total. The number of benzene rings is 5. The van der Waals surface area contributed by atoms with Crippen LogP contribution in [0.5, 0.6) is 11.5 Å². The van der Waals surface area contributed by atoms with Crippen LogP contribution in [0, 0.1) is 12.1 Å². The Labute approximate surface area is 333 Å². The van der Waals surface area contributed by atoms with Gasteiger partial charge in [0.05, 0.1) is 0 Å². The van der Waals surface area contributed by atoms with Crippen LogP contribution in [0.25, 0.3) is 61.8 Å². The maximum Gasteiger partial charge on any atom is 2.00 e. The van der Waals surface area contributed by atoms with Gasteiger partial charge in [0.25, 0.3) is 6.20 Å². The molecule has 0 aliphatic carbocycles. The van der Waals surface area contributed by atoms with Gasteiger partial charge in [-0.05, 0) is 40.1 Å². The maximum absolute atomic E-state index is 6.82. The van der Waals surface area contributed by atoms with Gasteiger partial charge in [-0.2, -0.15) is 6.07 Å². The van der Waals surface area contributed by atoms with E-state index in [0.717, 1.165) is 44.4 Å². The minimum absolute atomic E-state index is 0. The molecule has 9 rings (SSSR count). The summed E-state index contributed by atoms with van der Waals surface area (Å²) in [4.78, 5) is 20.0. The van der Waals surface area contributed by atoms with E-state index in [4.69, 9.17) is 24.7 Å². The van der Waals surface area contributed by atoms with Gasteiger partial charge in [0.15, 0.2) is 18.7 Å². The third-order valence-electron chi connectivity index (χ3n) is 9.39. The van der Waals surface area contributed by atoms with E-state index in [9.17, 15) is 0 Å². The van der Waals surface area contributed by atoms with Crippen molar-refractivity contribution in [3.63, 3.8) is 0 Å². The maximum atomic E-state index is 6.82. The molecule has 1 aliphatic rings. The van der Waals surface area contributed by atoms with Crippen molar-refractivity contribution in [3.8, 4) is 51.5 Å². The van der Waals surface area contributed by atoms with Crippen molar-refractivity contribution in [1.82, 2.24) is 24.5 Å². The third kappa shape index (κ3) is 6.94. The second-order valence-electron chi connectivity index (χ2n) is 14.2. The molecular weight excluding hydrogens is 862 g/mol. The predicted octanol–water partition coefficient (Wildman–Crippen LogP) is 10.00. The summed E-state index contributed by atoms with van der Waals surface area (Å²) in [5.74, 6) is 3.30. The molecule has 9 heteroatoms. The molecule has 4 heterocycles. The molecule has 0 atom stereocenters. The number of hydrogen-bond donors (Lipinski definition) is 0. The molecule has 55 heavy (non-hydrogen) atoms. The van der Waals surface area contributed by atoms with Gasteiger partial charge in [0.2, 0.25) is 6.20 Å². The molecular formula is C46H35N7OPt+2. The Morgan fingerprint density at radius 1 is 0.691 bits per heavy atom. The summed E-state index contributed by atoms with van der Waals surface area (Å²) < 4.78 is 12.7. The van der Waals surface area contributed by atoms with Crippen LogP contribution in [-0.2, 0) is 26.5 Å². The number of rotatable bonds is 7. The summed E-state index contributed by atoms with van der Waals surface area (Å²) in [7, 11) is 1.93. The summed E-state index contributed by atoms with van der Waals surface area (Å²) >= 11 is 0. The van der Waals surface area contributed by atoms with Gasteiger partial charge in [0, 0.05) is 34.3 Å². The van der Waals surface area contributed by atoms with Crippen molar-refractivity contribution in [2.24, 2.45) is 0 Å². The number of nitrogens with zero attached hydrogens (tertiary/aromatic N) is 7. The van der Waals surface area contributed by atoms with Crippen LogP contribution in [0.4, 0.5) is 5.69 Å². The van der Waals surface area contributed by atoms with Crippen molar-refractivity contribution >= 4 is 33.5 Å². The van der Waals surface area contributed by atoms with Crippen molar-refractivity contribution in [1.29, 1.82) is 0 Å². The fourth-order valence-corrected chi connectivity index (χ4v) is 6.62. The van der Waals surface area contributed by atoms with E-state index >= 15 is 0 Å². The summed E-state index contributed by atoms with van der Waals surface area (Å²) in [6, 6.07) is 50.8. The molecule has 0 spiro atoms. The van der Waals surface area contributed by atoms with E-state index in [-0.39, 0.29) is 26.5 Å². The number of hydrogen-bond acceptors (Lipinski definition) is 5. The summed E-state index contributed by atoms with van der Waals surface area (Å²) in [6.45, 7) is 6.69. The van der Waals surface area contributed by atoms with Gasteiger partial charge in [-0.1, -0.05) is 126 Å². The molecule has 5 aromatic carbocycles. The van der Waals surface area contributed by atoms with Gasteiger partial charge in [-0.15, -0.1) is 23.6 Å². The quantitative estimate of drug-likeness (QED) is 0.118. The summed E-state index contributed by atoms with van der Waals surface area (Å²) in [6.07, 6.45) is 5.66. The molecule has 268 valence electrons. The Morgan fingerprint density at radius 2 is 1.38 bits per heavy atom. The zero-order valence-electron chi connectivity index (χ0n) is 30.6. The first-order valence-electron chi connectivity index (χ1n) is 17.8. The molecule has 0 fully saturated rings. The van der Waals surface area contributed by atoms with Crippen LogP contribution < -0.4 is 4.74 Å². The first-order valence-corrected chi connectivity index (χ1v) is 17.8. The minimum Gasteiger partial charge on any atom is -0.508 e. The molecule has 1 aliphatic heterocycles. The second kappa shape index (κ2) is 14.5.